The first-order chi connectivity index (χ1) is 15.8. The van der Waals surface area contributed by atoms with Gasteiger partial charge in [-0.05, 0) is 37.9 Å². The largest absolute Gasteiger partial charge is 0.480 e. The molecule has 1 fully saturated rings. The minimum Gasteiger partial charge on any atom is -0.480 e. The van der Waals surface area contributed by atoms with E-state index < -0.39 is 48.6 Å². The molecule has 2 heterocycles. The van der Waals surface area contributed by atoms with Gasteiger partial charge in [0.25, 0.3) is 0 Å². The van der Waals surface area contributed by atoms with E-state index in [1.807, 2.05) is 24.3 Å². The molecule has 4 unspecified atom stereocenters. The summed E-state index contributed by atoms with van der Waals surface area (Å²) in [5, 5.41) is 30.1. The van der Waals surface area contributed by atoms with E-state index in [1.54, 1.807) is 6.20 Å². The lowest BCUT2D eigenvalue weighted by atomic mass is 10.0. The number of aromatic nitrogens is 1. The lowest BCUT2D eigenvalue weighted by Gasteiger charge is -2.25. The zero-order chi connectivity index (χ0) is 24.0. The minimum absolute atomic E-state index is 0.150. The topological polar surface area (TPSA) is 173 Å². The summed E-state index contributed by atoms with van der Waals surface area (Å²) in [7, 11) is 0. The van der Waals surface area contributed by atoms with E-state index in [-0.39, 0.29) is 12.3 Å². The van der Waals surface area contributed by atoms with Crippen molar-refractivity contribution in [3.8, 4) is 0 Å². The number of H-pyrrole nitrogens is 1. The van der Waals surface area contributed by atoms with Crippen molar-refractivity contribution in [1.29, 1.82) is 0 Å². The number of carboxylic acid groups (broad SMARTS) is 1. The number of para-hydroxylation sites is 1. The van der Waals surface area contributed by atoms with Crippen molar-refractivity contribution in [1.82, 2.24) is 26.3 Å². The van der Waals surface area contributed by atoms with Crippen molar-refractivity contribution in [2.75, 3.05) is 13.1 Å². The Bertz CT molecular complexity index is 1010. The second kappa shape index (κ2) is 10.9. The molecule has 1 aromatic carbocycles. The zero-order valence-corrected chi connectivity index (χ0v) is 18.3. The van der Waals surface area contributed by atoms with Gasteiger partial charge in [-0.3, -0.25) is 19.2 Å². The number of carbonyl (C=O) groups is 4. The molecule has 33 heavy (non-hydrogen) atoms. The molecule has 1 aliphatic heterocycles. The Hall–Kier alpha value is -3.44. The number of aromatic amines is 1. The van der Waals surface area contributed by atoms with Gasteiger partial charge in [0.2, 0.25) is 17.7 Å². The van der Waals surface area contributed by atoms with Gasteiger partial charge >= 0.3 is 5.97 Å². The van der Waals surface area contributed by atoms with E-state index in [9.17, 15) is 24.3 Å². The Labute approximate surface area is 190 Å². The van der Waals surface area contributed by atoms with E-state index in [4.69, 9.17) is 5.11 Å². The van der Waals surface area contributed by atoms with Crippen LogP contribution >= 0.6 is 0 Å². The summed E-state index contributed by atoms with van der Waals surface area (Å²) in [6.07, 6.45) is 2.13. The van der Waals surface area contributed by atoms with E-state index in [0.717, 1.165) is 22.9 Å². The molecule has 0 bridgehead atoms. The van der Waals surface area contributed by atoms with Crippen LogP contribution in [0.5, 0.6) is 0 Å². The fourth-order valence-corrected chi connectivity index (χ4v) is 3.84. The number of aliphatic hydroxyl groups is 1. The highest BCUT2D eigenvalue weighted by molar-refractivity contribution is 5.94. The minimum atomic E-state index is -1.39. The van der Waals surface area contributed by atoms with Crippen LogP contribution in [0.25, 0.3) is 10.9 Å². The second-order valence-corrected chi connectivity index (χ2v) is 8.11. The predicted octanol–water partition coefficient (Wildman–Crippen LogP) is -0.986. The molecule has 0 aliphatic carbocycles. The Morgan fingerprint density at radius 3 is 2.58 bits per heavy atom. The fraction of sp³-hybridized carbons (Fsp3) is 0.455. The van der Waals surface area contributed by atoms with Crippen molar-refractivity contribution < 1.29 is 29.4 Å². The summed E-state index contributed by atoms with van der Waals surface area (Å²) < 4.78 is 0. The van der Waals surface area contributed by atoms with Crippen LogP contribution in [-0.2, 0) is 25.6 Å². The van der Waals surface area contributed by atoms with E-state index in [1.165, 1.54) is 6.92 Å². The van der Waals surface area contributed by atoms with Crippen LogP contribution in [0.1, 0.15) is 25.3 Å². The summed E-state index contributed by atoms with van der Waals surface area (Å²) in [6, 6.07) is 4.72. The number of amides is 3. The summed E-state index contributed by atoms with van der Waals surface area (Å²) in [6.45, 7) is 1.37. The number of aliphatic hydroxyl groups excluding tert-OH is 1. The van der Waals surface area contributed by atoms with Crippen LogP contribution in [0.2, 0.25) is 0 Å². The fourth-order valence-electron chi connectivity index (χ4n) is 3.84. The molecule has 0 spiro atoms. The van der Waals surface area contributed by atoms with Crippen LogP contribution in [0, 0.1) is 0 Å². The normalized spacial score (nSPS) is 18.3. The molecule has 7 N–H and O–H groups in total. The Balaban J connectivity index is 1.78. The predicted molar refractivity (Wildman–Crippen MR) is 119 cm³/mol. The monoisotopic (exact) mass is 459 g/mol. The lowest BCUT2D eigenvalue weighted by Crippen LogP contribution is -2.59. The molecule has 11 nitrogen and oxygen atoms in total. The third-order valence-electron chi connectivity index (χ3n) is 5.59. The molecule has 4 atom stereocenters. The van der Waals surface area contributed by atoms with Crippen molar-refractivity contribution in [2.45, 2.75) is 50.4 Å². The quantitative estimate of drug-likeness (QED) is 0.239. The Morgan fingerprint density at radius 2 is 1.91 bits per heavy atom. The molecule has 2 aromatic rings. The zero-order valence-electron chi connectivity index (χ0n) is 18.3. The van der Waals surface area contributed by atoms with Gasteiger partial charge in [0, 0.05) is 23.5 Å². The number of hydrogen-bond donors (Lipinski definition) is 7. The number of fused-ring (bicyclic) bond motifs is 1. The van der Waals surface area contributed by atoms with Crippen LogP contribution in [0.15, 0.2) is 30.5 Å². The second-order valence-electron chi connectivity index (χ2n) is 8.11. The smallest absolute Gasteiger partial charge is 0.322 e. The SMILES string of the molecule is CC(O)C(NC(=O)C(Cc1c[nH]c2ccccc12)NC(=O)C1CCCN1)C(=O)NCC(=O)O. The number of aliphatic carboxylic acids is 1. The number of hydrogen-bond acceptors (Lipinski definition) is 6. The Morgan fingerprint density at radius 1 is 1.15 bits per heavy atom. The molecule has 1 saturated heterocycles. The molecule has 3 amide bonds. The summed E-state index contributed by atoms with van der Waals surface area (Å²) in [5.41, 5.74) is 1.68. The molecule has 1 aliphatic rings. The molecule has 3 rings (SSSR count). The number of benzene rings is 1. The number of carboxylic acids is 1. The van der Waals surface area contributed by atoms with Gasteiger partial charge in [-0.25, -0.2) is 0 Å². The maximum atomic E-state index is 13.1. The molecular weight excluding hydrogens is 430 g/mol. The van der Waals surface area contributed by atoms with E-state index in [2.05, 4.69) is 26.3 Å². The van der Waals surface area contributed by atoms with Crippen LogP contribution in [0.4, 0.5) is 0 Å². The summed E-state index contributed by atoms with van der Waals surface area (Å²) in [5.74, 6) is -3.08. The first-order valence-corrected chi connectivity index (χ1v) is 10.8. The van der Waals surface area contributed by atoms with Gasteiger partial charge < -0.3 is 36.5 Å². The van der Waals surface area contributed by atoms with Gasteiger partial charge in [0.15, 0.2) is 0 Å². The standard InChI is InChI=1S/C22H29N5O6/c1-12(28)19(22(33)25-11-18(29)30)27-21(32)17(26-20(31)16-7-4-8-23-16)9-13-10-24-15-6-3-2-5-14(13)15/h2-3,5-6,10,12,16-17,19,23-24,28H,4,7-9,11H2,1H3,(H,25,33)(H,26,31)(H,27,32)(H,29,30). The third kappa shape index (κ3) is 6.30. The highest BCUT2D eigenvalue weighted by atomic mass is 16.4. The molecule has 0 saturated carbocycles. The number of carbonyl (C=O) groups excluding carboxylic acids is 3. The van der Waals surface area contributed by atoms with Gasteiger partial charge in [-0.2, -0.15) is 0 Å². The van der Waals surface area contributed by atoms with Gasteiger partial charge in [-0.15, -0.1) is 0 Å². The maximum Gasteiger partial charge on any atom is 0.322 e. The summed E-state index contributed by atoms with van der Waals surface area (Å²) in [4.78, 5) is 52.1. The summed E-state index contributed by atoms with van der Waals surface area (Å²) >= 11 is 0. The number of rotatable bonds is 10. The van der Waals surface area contributed by atoms with Gasteiger partial charge in [-0.1, -0.05) is 18.2 Å². The van der Waals surface area contributed by atoms with E-state index >= 15 is 0 Å². The van der Waals surface area contributed by atoms with Crippen molar-refractivity contribution in [3.63, 3.8) is 0 Å². The van der Waals surface area contributed by atoms with Crippen molar-refractivity contribution >= 4 is 34.6 Å². The van der Waals surface area contributed by atoms with Crippen molar-refractivity contribution in [3.05, 3.63) is 36.0 Å². The third-order valence-corrected chi connectivity index (χ3v) is 5.59. The molecule has 0 radical (unpaired) electrons. The average molecular weight is 460 g/mol. The van der Waals surface area contributed by atoms with Gasteiger partial charge in [0.1, 0.15) is 18.6 Å². The first-order valence-electron chi connectivity index (χ1n) is 10.8. The van der Waals surface area contributed by atoms with Crippen LogP contribution in [0.3, 0.4) is 0 Å². The number of nitrogens with one attached hydrogen (secondary N) is 5. The van der Waals surface area contributed by atoms with Crippen LogP contribution in [-0.4, -0.2) is 76.2 Å². The first kappa shape index (κ1) is 24.2. The highest BCUT2D eigenvalue weighted by Gasteiger charge is 2.32. The molecule has 11 heteroatoms. The van der Waals surface area contributed by atoms with Crippen molar-refractivity contribution in [2.24, 2.45) is 0 Å². The highest BCUT2D eigenvalue weighted by Crippen LogP contribution is 2.19. The molecule has 178 valence electrons. The Kier molecular flexibility index (Phi) is 8.01. The molecular formula is C22H29N5O6. The average Bonchev–Trinajstić information content (AvgIpc) is 3.45. The van der Waals surface area contributed by atoms with Gasteiger partial charge in [0.05, 0.1) is 12.1 Å². The lowest BCUT2D eigenvalue weighted by molar-refractivity contribution is -0.139. The van der Waals surface area contributed by atoms with E-state index in [0.29, 0.717) is 13.0 Å². The molecule has 1 aromatic heterocycles. The maximum absolute atomic E-state index is 13.1. The van der Waals surface area contributed by atoms with Crippen LogP contribution < -0.4 is 21.3 Å².